The number of hydrogen-bond acceptors (Lipinski definition) is 2. The lowest BCUT2D eigenvalue weighted by molar-refractivity contribution is 0.749. The first kappa shape index (κ1) is 15.4. The molecule has 0 atom stereocenters. The van der Waals surface area contributed by atoms with Crippen molar-refractivity contribution in [1.29, 1.82) is 5.26 Å². The lowest BCUT2D eigenvalue weighted by Crippen LogP contribution is -2.08. The zero-order chi connectivity index (χ0) is 16.2. The van der Waals surface area contributed by atoms with Crippen molar-refractivity contribution in [3.8, 4) is 6.07 Å². The van der Waals surface area contributed by atoms with Crippen LogP contribution in [0.5, 0.6) is 0 Å². The van der Waals surface area contributed by atoms with E-state index in [9.17, 15) is 5.26 Å². The van der Waals surface area contributed by atoms with Gasteiger partial charge in [-0.25, -0.2) is 0 Å². The molecule has 3 aromatic rings. The van der Waals surface area contributed by atoms with Gasteiger partial charge >= 0.3 is 0 Å². The van der Waals surface area contributed by atoms with E-state index in [0.29, 0.717) is 24.3 Å². The average molecular weight is 366 g/mol. The Balaban J connectivity index is 1.97. The van der Waals surface area contributed by atoms with Crippen LogP contribution in [0.2, 0.25) is 0 Å². The van der Waals surface area contributed by atoms with Crippen molar-refractivity contribution in [1.82, 2.24) is 4.57 Å². The normalized spacial score (nSPS) is 10.4. The fourth-order valence-corrected chi connectivity index (χ4v) is 2.91. The Labute approximate surface area is 144 Å². The van der Waals surface area contributed by atoms with Gasteiger partial charge in [-0.3, -0.25) is 0 Å². The van der Waals surface area contributed by atoms with Crippen LogP contribution in [0.25, 0.3) is 0 Å². The van der Waals surface area contributed by atoms with Gasteiger partial charge in [-0.1, -0.05) is 58.4 Å². The molecule has 1 heterocycles. The van der Waals surface area contributed by atoms with E-state index < -0.39 is 0 Å². The molecule has 3 rings (SSSR count). The predicted octanol–water partition coefficient (Wildman–Crippen LogP) is 4.34. The molecule has 114 valence electrons. The maximum atomic E-state index is 9.41. The summed E-state index contributed by atoms with van der Waals surface area (Å²) in [6, 6.07) is 22.3. The number of benzene rings is 2. The predicted molar refractivity (Wildman–Crippen MR) is 96.1 cm³/mol. The number of nitrogens with zero attached hydrogens (tertiary/aromatic N) is 2. The molecule has 2 N–H and O–H groups in total. The van der Waals surface area contributed by atoms with Crippen molar-refractivity contribution in [3.05, 3.63) is 87.7 Å². The molecule has 23 heavy (non-hydrogen) atoms. The number of nitrogens with two attached hydrogens (primary N) is 1. The molecule has 0 aliphatic heterocycles. The molecule has 4 heteroatoms. The quantitative estimate of drug-likeness (QED) is 0.747. The molecule has 0 unspecified atom stereocenters. The molecule has 3 nitrogen and oxygen atoms in total. The number of anilines is 1. The summed E-state index contributed by atoms with van der Waals surface area (Å²) in [5.74, 6) is 0. The summed E-state index contributed by atoms with van der Waals surface area (Å²) < 4.78 is 3.05. The number of rotatable bonds is 4. The lowest BCUT2D eigenvalue weighted by Gasteiger charge is -2.12. The Morgan fingerprint density at radius 1 is 1.00 bits per heavy atom. The van der Waals surface area contributed by atoms with Gasteiger partial charge in [0.05, 0.1) is 5.69 Å². The van der Waals surface area contributed by atoms with Crippen LogP contribution >= 0.6 is 15.9 Å². The average Bonchev–Trinajstić information content (AvgIpc) is 2.86. The second kappa shape index (κ2) is 6.72. The Morgan fingerprint density at radius 2 is 1.70 bits per heavy atom. The highest BCUT2D eigenvalue weighted by Crippen LogP contribution is 2.23. The van der Waals surface area contributed by atoms with Crippen LogP contribution in [0.4, 0.5) is 5.69 Å². The van der Waals surface area contributed by atoms with Crippen LogP contribution in [0.3, 0.4) is 0 Å². The number of nitriles is 1. The minimum absolute atomic E-state index is 0.594. The Bertz CT molecular complexity index is 843. The third-order valence-corrected chi connectivity index (χ3v) is 4.35. The molecular formula is C19H16BrN3. The molecule has 0 spiro atoms. The fraction of sp³-hybridized carbons (Fsp3) is 0.105. The molecule has 0 saturated heterocycles. The summed E-state index contributed by atoms with van der Waals surface area (Å²) >= 11 is 3.44. The SMILES string of the molecule is N#Cc1cc(N)c(Cc2ccccc2)n1Cc1ccc(Br)cc1. The fourth-order valence-electron chi connectivity index (χ4n) is 2.64. The Morgan fingerprint density at radius 3 is 2.35 bits per heavy atom. The van der Waals surface area contributed by atoms with E-state index in [1.807, 2.05) is 47.0 Å². The molecule has 0 aliphatic rings. The maximum absolute atomic E-state index is 9.41. The summed E-state index contributed by atoms with van der Waals surface area (Å²) in [5.41, 5.74) is 10.7. The van der Waals surface area contributed by atoms with Crippen molar-refractivity contribution in [3.63, 3.8) is 0 Å². The van der Waals surface area contributed by atoms with Crippen molar-refractivity contribution < 1.29 is 0 Å². The first-order chi connectivity index (χ1) is 11.2. The molecule has 0 aliphatic carbocycles. The topological polar surface area (TPSA) is 54.7 Å². The van der Waals surface area contributed by atoms with Gasteiger partial charge in [-0.05, 0) is 29.3 Å². The smallest absolute Gasteiger partial charge is 0.122 e. The van der Waals surface area contributed by atoms with Crippen LogP contribution in [-0.2, 0) is 13.0 Å². The van der Waals surface area contributed by atoms with E-state index in [0.717, 1.165) is 15.7 Å². The summed E-state index contributed by atoms with van der Waals surface area (Å²) in [6.07, 6.45) is 0.713. The molecular weight excluding hydrogens is 350 g/mol. The van der Waals surface area contributed by atoms with E-state index in [1.54, 1.807) is 6.07 Å². The summed E-state index contributed by atoms with van der Waals surface area (Å²) in [5, 5.41) is 9.41. The standard InChI is InChI=1S/C19H16BrN3/c20-16-8-6-15(7-9-16)13-23-17(12-21)11-18(22)19(23)10-14-4-2-1-3-5-14/h1-9,11H,10,13,22H2. The second-order valence-electron chi connectivity index (χ2n) is 5.42. The van der Waals surface area contributed by atoms with Gasteiger partial charge in [-0.15, -0.1) is 0 Å². The minimum atomic E-state index is 0.594. The van der Waals surface area contributed by atoms with Crippen LogP contribution in [-0.4, -0.2) is 4.57 Å². The summed E-state index contributed by atoms with van der Waals surface area (Å²) in [7, 11) is 0. The van der Waals surface area contributed by atoms with Gasteiger partial charge in [-0.2, -0.15) is 5.26 Å². The largest absolute Gasteiger partial charge is 0.397 e. The van der Waals surface area contributed by atoms with Gasteiger partial charge in [0, 0.05) is 23.1 Å². The van der Waals surface area contributed by atoms with Crippen molar-refractivity contribution in [2.75, 3.05) is 5.73 Å². The van der Waals surface area contributed by atoms with Crippen LogP contribution in [0.15, 0.2) is 65.1 Å². The van der Waals surface area contributed by atoms with Gasteiger partial charge < -0.3 is 10.3 Å². The zero-order valence-corrected chi connectivity index (χ0v) is 14.1. The van der Waals surface area contributed by atoms with Gasteiger partial charge in [0.2, 0.25) is 0 Å². The summed E-state index contributed by atoms with van der Waals surface area (Å²) in [4.78, 5) is 0. The zero-order valence-electron chi connectivity index (χ0n) is 12.5. The Hall–Kier alpha value is -2.51. The van der Waals surface area contributed by atoms with E-state index in [2.05, 4.69) is 34.1 Å². The highest BCUT2D eigenvalue weighted by atomic mass is 79.9. The third-order valence-electron chi connectivity index (χ3n) is 3.82. The van der Waals surface area contributed by atoms with Crippen LogP contribution in [0.1, 0.15) is 22.5 Å². The van der Waals surface area contributed by atoms with E-state index in [4.69, 9.17) is 5.73 Å². The van der Waals surface area contributed by atoms with Gasteiger partial charge in [0.15, 0.2) is 0 Å². The van der Waals surface area contributed by atoms with E-state index in [1.165, 1.54) is 5.56 Å². The van der Waals surface area contributed by atoms with Crippen molar-refractivity contribution in [2.45, 2.75) is 13.0 Å². The molecule has 0 amide bonds. The van der Waals surface area contributed by atoms with Gasteiger partial charge in [0.25, 0.3) is 0 Å². The number of hydrogen-bond donors (Lipinski definition) is 1. The van der Waals surface area contributed by atoms with Crippen molar-refractivity contribution in [2.24, 2.45) is 0 Å². The maximum Gasteiger partial charge on any atom is 0.122 e. The summed E-state index contributed by atoms with van der Waals surface area (Å²) in [6.45, 7) is 0.634. The first-order valence-corrected chi connectivity index (χ1v) is 8.13. The Kier molecular flexibility index (Phi) is 4.50. The molecule has 0 saturated carbocycles. The minimum Gasteiger partial charge on any atom is -0.397 e. The van der Waals surface area contributed by atoms with E-state index >= 15 is 0 Å². The first-order valence-electron chi connectivity index (χ1n) is 7.33. The number of halogens is 1. The van der Waals surface area contributed by atoms with Crippen LogP contribution < -0.4 is 5.73 Å². The highest BCUT2D eigenvalue weighted by Gasteiger charge is 2.14. The number of aromatic nitrogens is 1. The van der Waals surface area contributed by atoms with E-state index in [-0.39, 0.29) is 0 Å². The second-order valence-corrected chi connectivity index (χ2v) is 6.33. The van der Waals surface area contributed by atoms with Crippen molar-refractivity contribution >= 4 is 21.6 Å². The molecule has 1 aromatic heterocycles. The molecule has 0 radical (unpaired) electrons. The van der Waals surface area contributed by atoms with Crippen LogP contribution in [0, 0.1) is 11.3 Å². The molecule has 0 bridgehead atoms. The highest BCUT2D eigenvalue weighted by molar-refractivity contribution is 9.10. The number of nitrogen functional groups attached to an aromatic ring is 1. The monoisotopic (exact) mass is 365 g/mol. The van der Waals surface area contributed by atoms with Gasteiger partial charge in [0.1, 0.15) is 11.8 Å². The lowest BCUT2D eigenvalue weighted by atomic mass is 10.1. The molecule has 2 aromatic carbocycles. The molecule has 0 fully saturated rings. The third kappa shape index (κ3) is 3.46.